The van der Waals surface area contributed by atoms with Crippen LogP contribution in [0.2, 0.25) is 5.02 Å². The molecule has 0 radical (unpaired) electrons. The van der Waals surface area contributed by atoms with Crippen molar-refractivity contribution in [2.45, 2.75) is 78.2 Å². The van der Waals surface area contributed by atoms with Crippen molar-refractivity contribution in [1.82, 2.24) is 10.2 Å². The van der Waals surface area contributed by atoms with Gasteiger partial charge in [-0.25, -0.2) is 0 Å². The van der Waals surface area contributed by atoms with E-state index in [9.17, 15) is 15.0 Å². The molecule has 0 aliphatic heterocycles. The molecule has 1 amide bonds. The maximum Gasteiger partial charge on any atom is 0.223 e. The predicted octanol–water partition coefficient (Wildman–Crippen LogP) is 2.81. The average Bonchev–Trinajstić information content (AvgIpc) is 2.80. The number of hydrogen-bond donors (Lipinski definition) is 4. The van der Waals surface area contributed by atoms with Crippen molar-refractivity contribution in [3.8, 4) is 5.75 Å². The second kappa shape index (κ2) is 16.3. The number of halogens is 1. The lowest BCUT2D eigenvalue weighted by molar-refractivity contribution is -0.128. The summed E-state index contributed by atoms with van der Waals surface area (Å²) in [4.78, 5) is 14.8. The molecule has 1 aromatic rings. The molecule has 9 heteroatoms. The first-order valence-electron chi connectivity index (χ1n) is 12.5. The Morgan fingerprint density at radius 2 is 1.89 bits per heavy atom. The Kier molecular flexibility index (Phi) is 14.8. The summed E-state index contributed by atoms with van der Waals surface area (Å²) in [5.41, 5.74) is 7.44. The topological polar surface area (TPSA) is 117 Å². The standard InChI is InChI=1S/C26H46ClN3O5/c1-17(2)21(26(33)29-19(5)16-31)13-24(32)23(28)15-30(18(3)4)14-20-8-9-22(27)25(12-20)35-11-7-10-34-6/h8-9,12,17-19,21,23-24,31-32H,7,10-11,13-16,28H2,1-6H3,(H,29,33)/t19-,21-,23-,24-/m0/s1. The molecule has 8 nitrogen and oxygen atoms in total. The zero-order valence-electron chi connectivity index (χ0n) is 22.2. The van der Waals surface area contributed by atoms with Crippen molar-refractivity contribution >= 4 is 17.5 Å². The fraction of sp³-hybridized carbons (Fsp3) is 0.731. The third-order valence-corrected chi connectivity index (χ3v) is 6.41. The molecule has 0 spiro atoms. The molecule has 35 heavy (non-hydrogen) atoms. The minimum atomic E-state index is -0.844. The van der Waals surface area contributed by atoms with Gasteiger partial charge in [0.1, 0.15) is 5.75 Å². The summed E-state index contributed by atoms with van der Waals surface area (Å²) in [6.07, 6.45) is 0.189. The number of nitrogens with two attached hydrogens (primary N) is 1. The monoisotopic (exact) mass is 515 g/mol. The minimum Gasteiger partial charge on any atom is -0.492 e. The van der Waals surface area contributed by atoms with Gasteiger partial charge in [-0.15, -0.1) is 0 Å². The third-order valence-electron chi connectivity index (χ3n) is 6.10. The molecule has 0 saturated carbocycles. The van der Waals surface area contributed by atoms with Gasteiger partial charge in [-0.2, -0.15) is 0 Å². The van der Waals surface area contributed by atoms with Crippen LogP contribution in [-0.4, -0.2) is 78.7 Å². The van der Waals surface area contributed by atoms with Crippen LogP contribution >= 0.6 is 11.6 Å². The number of benzene rings is 1. The number of ether oxygens (including phenoxy) is 2. The van der Waals surface area contributed by atoms with E-state index in [1.807, 2.05) is 32.0 Å². The number of carbonyl (C=O) groups excluding carboxylic acids is 1. The average molecular weight is 516 g/mol. The number of nitrogens with zero attached hydrogens (tertiary/aromatic N) is 1. The van der Waals surface area contributed by atoms with Gasteiger partial charge in [-0.05, 0) is 50.8 Å². The highest BCUT2D eigenvalue weighted by Crippen LogP contribution is 2.27. The van der Waals surface area contributed by atoms with E-state index in [4.69, 9.17) is 26.8 Å². The first-order valence-corrected chi connectivity index (χ1v) is 12.9. The van der Waals surface area contributed by atoms with Crippen LogP contribution in [0.5, 0.6) is 5.75 Å². The van der Waals surface area contributed by atoms with Crippen molar-refractivity contribution in [2.24, 2.45) is 17.6 Å². The van der Waals surface area contributed by atoms with E-state index < -0.39 is 18.1 Å². The van der Waals surface area contributed by atoms with Crippen LogP contribution in [0.1, 0.15) is 53.0 Å². The molecular formula is C26H46ClN3O5. The smallest absolute Gasteiger partial charge is 0.223 e. The third kappa shape index (κ3) is 11.5. The molecule has 0 heterocycles. The largest absolute Gasteiger partial charge is 0.492 e. The fourth-order valence-electron chi connectivity index (χ4n) is 3.74. The van der Waals surface area contributed by atoms with Gasteiger partial charge in [-0.3, -0.25) is 9.69 Å². The molecule has 1 aromatic carbocycles. The summed E-state index contributed by atoms with van der Waals surface area (Å²) in [5, 5.41) is 23.5. The molecule has 0 fully saturated rings. The number of nitrogens with one attached hydrogen (secondary N) is 1. The van der Waals surface area contributed by atoms with E-state index in [1.165, 1.54) is 0 Å². The Morgan fingerprint density at radius 3 is 2.46 bits per heavy atom. The van der Waals surface area contributed by atoms with Gasteiger partial charge in [0.25, 0.3) is 0 Å². The number of rotatable bonds is 17. The fourth-order valence-corrected chi connectivity index (χ4v) is 3.91. The molecule has 0 unspecified atom stereocenters. The Labute approximate surface area is 216 Å². The summed E-state index contributed by atoms with van der Waals surface area (Å²) in [5.74, 6) is 0.0934. The summed E-state index contributed by atoms with van der Waals surface area (Å²) in [6, 6.07) is 5.05. The molecule has 0 saturated heterocycles. The SMILES string of the molecule is COCCCOc1cc(CN(C[C@H](N)[C@@H](O)C[C@H](C(=O)N[C@@H](C)CO)C(C)C)C(C)C)ccc1Cl. The summed E-state index contributed by atoms with van der Waals surface area (Å²) in [6.45, 7) is 11.9. The van der Waals surface area contributed by atoms with Gasteiger partial charge in [0, 0.05) is 57.3 Å². The predicted molar refractivity (Wildman–Crippen MR) is 141 cm³/mol. The van der Waals surface area contributed by atoms with Gasteiger partial charge in [0.05, 0.1) is 24.3 Å². The van der Waals surface area contributed by atoms with Crippen LogP contribution in [-0.2, 0) is 16.1 Å². The van der Waals surface area contributed by atoms with Crippen LogP contribution in [0.3, 0.4) is 0 Å². The molecule has 0 aromatic heterocycles. The quantitative estimate of drug-likeness (QED) is 0.236. The Bertz CT molecular complexity index is 750. The zero-order valence-corrected chi connectivity index (χ0v) is 22.9. The summed E-state index contributed by atoms with van der Waals surface area (Å²) >= 11 is 6.30. The minimum absolute atomic E-state index is 0.0281. The van der Waals surface area contributed by atoms with Gasteiger partial charge >= 0.3 is 0 Å². The lowest BCUT2D eigenvalue weighted by atomic mass is 9.87. The number of carbonyl (C=O) groups is 1. The van der Waals surface area contributed by atoms with Crippen LogP contribution in [0.4, 0.5) is 0 Å². The van der Waals surface area contributed by atoms with Crippen molar-refractivity contribution < 1.29 is 24.5 Å². The van der Waals surface area contributed by atoms with Crippen molar-refractivity contribution in [3.05, 3.63) is 28.8 Å². The van der Waals surface area contributed by atoms with E-state index in [0.717, 1.165) is 12.0 Å². The van der Waals surface area contributed by atoms with E-state index in [-0.39, 0.29) is 36.9 Å². The van der Waals surface area contributed by atoms with Crippen LogP contribution < -0.4 is 15.8 Å². The van der Waals surface area contributed by atoms with Gasteiger partial charge in [0.15, 0.2) is 0 Å². The molecule has 4 atom stereocenters. The summed E-state index contributed by atoms with van der Waals surface area (Å²) < 4.78 is 10.9. The summed E-state index contributed by atoms with van der Waals surface area (Å²) in [7, 11) is 1.66. The number of hydrogen-bond acceptors (Lipinski definition) is 7. The molecule has 5 N–H and O–H groups in total. The Hall–Kier alpha value is -1.42. The molecule has 0 bridgehead atoms. The normalized spacial score (nSPS) is 15.3. The van der Waals surface area contributed by atoms with Crippen molar-refractivity contribution in [3.63, 3.8) is 0 Å². The van der Waals surface area contributed by atoms with Crippen molar-refractivity contribution in [2.75, 3.05) is 33.5 Å². The molecule has 1 rings (SSSR count). The Morgan fingerprint density at radius 1 is 1.20 bits per heavy atom. The maximum absolute atomic E-state index is 12.6. The lowest BCUT2D eigenvalue weighted by Crippen LogP contribution is -2.49. The van der Waals surface area contributed by atoms with Crippen LogP contribution in [0, 0.1) is 11.8 Å². The van der Waals surface area contributed by atoms with Crippen LogP contribution in [0.15, 0.2) is 18.2 Å². The Balaban J connectivity index is 2.81. The molecule has 202 valence electrons. The van der Waals surface area contributed by atoms with E-state index in [0.29, 0.717) is 37.1 Å². The molecular weight excluding hydrogens is 470 g/mol. The highest BCUT2D eigenvalue weighted by Gasteiger charge is 2.29. The maximum atomic E-state index is 12.6. The second-order valence-electron chi connectivity index (χ2n) is 9.89. The first kappa shape index (κ1) is 31.6. The highest BCUT2D eigenvalue weighted by molar-refractivity contribution is 6.32. The van der Waals surface area contributed by atoms with Gasteiger partial charge < -0.3 is 30.7 Å². The molecule has 0 aliphatic rings. The lowest BCUT2D eigenvalue weighted by Gasteiger charge is -2.33. The molecule has 0 aliphatic carbocycles. The van der Waals surface area contributed by atoms with Crippen molar-refractivity contribution in [1.29, 1.82) is 0 Å². The highest BCUT2D eigenvalue weighted by atomic mass is 35.5. The number of aliphatic hydroxyl groups is 2. The number of amides is 1. The second-order valence-corrected chi connectivity index (χ2v) is 10.3. The van der Waals surface area contributed by atoms with Gasteiger partial charge in [-0.1, -0.05) is 31.5 Å². The number of aliphatic hydroxyl groups excluding tert-OH is 2. The first-order chi connectivity index (χ1) is 16.5. The van der Waals surface area contributed by atoms with E-state index in [2.05, 4.69) is 24.1 Å². The van der Waals surface area contributed by atoms with Crippen LogP contribution in [0.25, 0.3) is 0 Å². The van der Waals surface area contributed by atoms with Gasteiger partial charge in [0.2, 0.25) is 5.91 Å². The van der Waals surface area contributed by atoms with E-state index in [1.54, 1.807) is 14.0 Å². The van der Waals surface area contributed by atoms with E-state index >= 15 is 0 Å². The zero-order chi connectivity index (χ0) is 26.5. The number of methoxy groups -OCH3 is 1.